The van der Waals surface area contributed by atoms with Crippen LogP contribution in [0.2, 0.25) is 0 Å². The second kappa shape index (κ2) is 6.06. The van der Waals surface area contributed by atoms with Crippen LogP contribution in [0.1, 0.15) is 11.3 Å². The van der Waals surface area contributed by atoms with E-state index < -0.39 is 0 Å². The summed E-state index contributed by atoms with van der Waals surface area (Å²) in [5.74, 6) is 0.210. The number of nitriles is 1. The van der Waals surface area contributed by atoms with Crippen LogP contribution in [-0.2, 0) is 6.54 Å². The Labute approximate surface area is 126 Å². The largest absolute Gasteiger partial charge is 0.419 e. The molecule has 0 atom stereocenters. The van der Waals surface area contributed by atoms with E-state index >= 15 is 0 Å². The van der Waals surface area contributed by atoms with Gasteiger partial charge in [0.15, 0.2) is 0 Å². The minimum absolute atomic E-state index is 0.156. The third-order valence-electron chi connectivity index (χ3n) is 3.00. The zero-order valence-electron chi connectivity index (χ0n) is 11.5. The molecule has 1 N–H and O–H groups in total. The van der Waals surface area contributed by atoms with Gasteiger partial charge in [-0.15, -0.1) is 0 Å². The lowest BCUT2D eigenvalue weighted by molar-refractivity contribution is 0.584. The monoisotopic (exact) mass is 294 g/mol. The van der Waals surface area contributed by atoms with E-state index in [4.69, 9.17) is 9.68 Å². The number of anilines is 1. The van der Waals surface area contributed by atoms with Crippen molar-refractivity contribution >= 4 is 5.88 Å². The molecule has 3 rings (SSSR count). The fourth-order valence-corrected chi connectivity index (χ4v) is 1.92. The summed E-state index contributed by atoms with van der Waals surface area (Å²) >= 11 is 0. The maximum absolute atomic E-state index is 12.9. The number of aromatic nitrogens is 2. The Kier molecular flexibility index (Phi) is 3.79. The quantitative estimate of drug-likeness (QED) is 0.798. The van der Waals surface area contributed by atoms with Crippen molar-refractivity contribution in [3.05, 3.63) is 65.9 Å². The summed E-state index contributed by atoms with van der Waals surface area (Å²) in [6.45, 7) is 0.459. The summed E-state index contributed by atoms with van der Waals surface area (Å²) in [4.78, 5) is 8.13. The van der Waals surface area contributed by atoms with E-state index in [1.165, 1.54) is 12.1 Å². The molecule has 22 heavy (non-hydrogen) atoms. The molecule has 5 nitrogen and oxygen atoms in total. The van der Waals surface area contributed by atoms with Gasteiger partial charge >= 0.3 is 0 Å². The molecule has 6 heteroatoms. The highest BCUT2D eigenvalue weighted by Gasteiger charge is 2.14. The molecule has 108 valence electrons. The van der Waals surface area contributed by atoms with E-state index in [1.54, 1.807) is 24.5 Å². The topological polar surface area (TPSA) is 74.7 Å². The lowest BCUT2D eigenvalue weighted by Crippen LogP contribution is -1.99. The zero-order chi connectivity index (χ0) is 15.4. The minimum Gasteiger partial charge on any atom is -0.419 e. The van der Waals surface area contributed by atoms with E-state index in [1.807, 2.05) is 18.2 Å². The fraction of sp³-hybridized carbons (Fsp3) is 0.0625. The summed E-state index contributed by atoms with van der Waals surface area (Å²) < 4.78 is 18.5. The van der Waals surface area contributed by atoms with Crippen LogP contribution in [-0.4, -0.2) is 9.97 Å². The number of halogens is 1. The van der Waals surface area contributed by atoms with Crippen molar-refractivity contribution in [2.45, 2.75) is 6.54 Å². The highest BCUT2D eigenvalue weighted by molar-refractivity contribution is 5.58. The van der Waals surface area contributed by atoms with Gasteiger partial charge in [0, 0.05) is 24.5 Å². The smallest absolute Gasteiger partial charge is 0.232 e. The van der Waals surface area contributed by atoms with Crippen molar-refractivity contribution < 1.29 is 8.81 Å². The number of benzene rings is 1. The summed E-state index contributed by atoms with van der Waals surface area (Å²) in [7, 11) is 0. The van der Waals surface area contributed by atoms with Gasteiger partial charge in [0.05, 0.1) is 0 Å². The molecule has 1 aromatic carbocycles. The highest BCUT2D eigenvalue weighted by Crippen LogP contribution is 2.25. The Bertz CT molecular complexity index is 806. The van der Waals surface area contributed by atoms with E-state index in [-0.39, 0.29) is 23.3 Å². The number of rotatable bonds is 4. The molecule has 2 heterocycles. The van der Waals surface area contributed by atoms with Gasteiger partial charge in [-0.3, -0.25) is 4.98 Å². The van der Waals surface area contributed by atoms with Gasteiger partial charge in [0.1, 0.15) is 11.9 Å². The fourth-order valence-electron chi connectivity index (χ4n) is 1.92. The number of oxazole rings is 1. The average molecular weight is 294 g/mol. The molecule has 0 aliphatic heterocycles. The Morgan fingerprint density at radius 1 is 1.23 bits per heavy atom. The molecule has 0 aliphatic rings. The van der Waals surface area contributed by atoms with Crippen molar-refractivity contribution in [1.82, 2.24) is 9.97 Å². The molecular weight excluding hydrogens is 283 g/mol. The number of nitrogens with one attached hydrogen (secondary N) is 1. The van der Waals surface area contributed by atoms with Crippen LogP contribution in [0.25, 0.3) is 11.5 Å². The van der Waals surface area contributed by atoms with Crippen LogP contribution < -0.4 is 5.32 Å². The molecule has 0 saturated heterocycles. The Hall–Kier alpha value is -3.20. The van der Waals surface area contributed by atoms with Crippen LogP contribution in [0.15, 0.2) is 53.2 Å². The molecular formula is C16H11FN4O. The van der Waals surface area contributed by atoms with Gasteiger partial charge in [-0.05, 0) is 35.9 Å². The molecule has 3 aromatic rings. The molecule has 2 aromatic heterocycles. The van der Waals surface area contributed by atoms with E-state index in [0.717, 1.165) is 5.56 Å². The van der Waals surface area contributed by atoms with Crippen molar-refractivity contribution in [1.29, 1.82) is 5.26 Å². The normalized spacial score (nSPS) is 10.2. The van der Waals surface area contributed by atoms with Crippen molar-refractivity contribution in [3.63, 3.8) is 0 Å². The number of pyridine rings is 1. The first-order valence-corrected chi connectivity index (χ1v) is 6.56. The van der Waals surface area contributed by atoms with E-state index in [9.17, 15) is 4.39 Å². The van der Waals surface area contributed by atoms with Gasteiger partial charge in [-0.25, -0.2) is 4.39 Å². The summed E-state index contributed by atoms with van der Waals surface area (Å²) in [6, 6.07) is 11.4. The predicted octanol–water partition coefficient (Wildman–Crippen LogP) is 3.36. The lowest BCUT2D eigenvalue weighted by atomic mass is 10.2. The van der Waals surface area contributed by atoms with Crippen LogP contribution in [0.5, 0.6) is 0 Å². The molecule has 0 fully saturated rings. The van der Waals surface area contributed by atoms with Crippen LogP contribution >= 0.6 is 0 Å². The SMILES string of the molecule is N#Cc1nc(-c2ccc(F)cc2)oc1NCc1cccnc1. The zero-order valence-corrected chi connectivity index (χ0v) is 11.5. The minimum atomic E-state index is -0.342. The number of hydrogen-bond acceptors (Lipinski definition) is 5. The predicted molar refractivity (Wildman–Crippen MR) is 78.2 cm³/mol. The maximum Gasteiger partial charge on any atom is 0.232 e. The highest BCUT2D eigenvalue weighted by atomic mass is 19.1. The first-order chi connectivity index (χ1) is 10.8. The molecule has 0 amide bonds. The Balaban J connectivity index is 1.83. The van der Waals surface area contributed by atoms with E-state index in [0.29, 0.717) is 12.1 Å². The molecule has 0 aliphatic carbocycles. The van der Waals surface area contributed by atoms with Crippen LogP contribution in [0, 0.1) is 17.1 Å². The molecule has 0 bridgehead atoms. The van der Waals surface area contributed by atoms with Crippen molar-refractivity contribution in [2.24, 2.45) is 0 Å². The summed E-state index contributed by atoms with van der Waals surface area (Å²) in [6.07, 6.45) is 3.40. The van der Waals surface area contributed by atoms with E-state index in [2.05, 4.69) is 15.3 Å². The van der Waals surface area contributed by atoms with Crippen LogP contribution in [0.4, 0.5) is 10.3 Å². The first kappa shape index (κ1) is 13.8. The second-order valence-corrected chi connectivity index (χ2v) is 4.53. The molecule has 0 saturated carbocycles. The molecule has 0 spiro atoms. The van der Waals surface area contributed by atoms with Crippen molar-refractivity contribution in [3.8, 4) is 17.5 Å². The summed E-state index contributed by atoms with van der Waals surface area (Å²) in [5, 5.41) is 12.2. The second-order valence-electron chi connectivity index (χ2n) is 4.53. The lowest BCUT2D eigenvalue weighted by Gasteiger charge is -2.02. The Morgan fingerprint density at radius 3 is 2.73 bits per heavy atom. The molecule has 0 radical (unpaired) electrons. The summed E-state index contributed by atoms with van der Waals surface area (Å²) in [5.41, 5.74) is 1.71. The van der Waals surface area contributed by atoms with Gasteiger partial charge in [-0.2, -0.15) is 10.2 Å². The van der Waals surface area contributed by atoms with Gasteiger partial charge in [0.25, 0.3) is 0 Å². The standard InChI is InChI=1S/C16H11FN4O/c17-13-5-3-12(4-6-13)15-21-14(8-18)16(22-15)20-10-11-2-1-7-19-9-11/h1-7,9,20H,10H2. The third kappa shape index (κ3) is 2.94. The average Bonchev–Trinajstić information content (AvgIpc) is 2.98. The Morgan fingerprint density at radius 2 is 2.05 bits per heavy atom. The van der Waals surface area contributed by atoms with Gasteiger partial charge < -0.3 is 9.73 Å². The number of nitrogens with zero attached hydrogens (tertiary/aromatic N) is 3. The van der Waals surface area contributed by atoms with Gasteiger partial charge in [0.2, 0.25) is 17.5 Å². The maximum atomic E-state index is 12.9. The third-order valence-corrected chi connectivity index (χ3v) is 3.00. The molecule has 0 unspecified atom stereocenters. The van der Waals surface area contributed by atoms with Crippen molar-refractivity contribution in [2.75, 3.05) is 5.32 Å². The van der Waals surface area contributed by atoms with Gasteiger partial charge in [-0.1, -0.05) is 6.07 Å². The first-order valence-electron chi connectivity index (χ1n) is 6.56. The number of hydrogen-bond donors (Lipinski definition) is 1. The van der Waals surface area contributed by atoms with Crippen LogP contribution in [0.3, 0.4) is 0 Å².